The Hall–Kier alpha value is -1.40. The maximum Gasteiger partial charge on any atom is 0.226 e. The summed E-state index contributed by atoms with van der Waals surface area (Å²) in [6, 6.07) is 2.75. The van der Waals surface area contributed by atoms with Crippen molar-refractivity contribution < 1.29 is 0 Å². The van der Waals surface area contributed by atoms with Crippen LogP contribution in [0.2, 0.25) is 0 Å². The van der Waals surface area contributed by atoms with E-state index in [9.17, 15) is 0 Å². The van der Waals surface area contributed by atoms with Crippen LogP contribution >= 0.6 is 11.3 Å². The molecular weight excluding hydrogens is 282 g/mol. The molecule has 0 aromatic carbocycles. The van der Waals surface area contributed by atoms with Crippen LogP contribution in [-0.4, -0.2) is 54.6 Å². The van der Waals surface area contributed by atoms with Crippen LogP contribution in [0.1, 0.15) is 19.8 Å². The van der Waals surface area contributed by atoms with Gasteiger partial charge in [-0.25, -0.2) is 4.98 Å². The molecule has 114 valence electrons. The molecule has 2 aromatic heterocycles. The van der Waals surface area contributed by atoms with Crippen molar-refractivity contribution in [3.05, 3.63) is 11.4 Å². The normalized spacial score (nSPS) is 19.3. The van der Waals surface area contributed by atoms with Gasteiger partial charge in [-0.1, -0.05) is 0 Å². The van der Waals surface area contributed by atoms with E-state index in [1.54, 1.807) is 11.3 Å². The Bertz CT molecular complexity index is 611. The predicted molar refractivity (Wildman–Crippen MR) is 90.5 cm³/mol. The zero-order valence-electron chi connectivity index (χ0n) is 13.0. The number of likely N-dealkylation sites (N-methyl/N-ethyl adjacent to an activating group) is 2. The van der Waals surface area contributed by atoms with Crippen molar-refractivity contribution in [2.24, 2.45) is 0 Å². The summed E-state index contributed by atoms with van der Waals surface area (Å²) in [6.45, 7) is 5.13. The van der Waals surface area contributed by atoms with E-state index in [1.165, 1.54) is 19.4 Å². The Balaban J connectivity index is 1.88. The van der Waals surface area contributed by atoms with Crippen molar-refractivity contribution in [2.75, 3.05) is 43.9 Å². The van der Waals surface area contributed by atoms with Crippen LogP contribution in [0.5, 0.6) is 0 Å². The van der Waals surface area contributed by atoms with Gasteiger partial charge in [0.1, 0.15) is 10.6 Å². The standard InChI is InChI=1S/C15H23N5S/c1-4-16-15-17-13(12-7-9-21-14(12)18-15)20(3)10-11-6-5-8-19(11)2/h7,9,11H,4-6,8,10H2,1-3H3,(H,16,17,18). The summed E-state index contributed by atoms with van der Waals surface area (Å²) in [5, 5.41) is 6.48. The summed E-state index contributed by atoms with van der Waals surface area (Å²) in [7, 11) is 4.36. The molecule has 21 heavy (non-hydrogen) atoms. The Labute approximate surface area is 130 Å². The second-order valence-corrected chi connectivity index (χ2v) is 6.59. The molecule has 5 nitrogen and oxygen atoms in total. The third-order valence-electron chi connectivity index (χ3n) is 4.16. The molecule has 1 saturated heterocycles. The Morgan fingerprint density at radius 3 is 3.05 bits per heavy atom. The van der Waals surface area contributed by atoms with Crippen molar-refractivity contribution in [3.63, 3.8) is 0 Å². The van der Waals surface area contributed by atoms with Gasteiger partial charge in [0, 0.05) is 26.2 Å². The molecule has 1 fully saturated rings. The van der Waals surface area contributed by atoms with Gasteiger partial charge in [-0.2, -0.15) is 4.98 Å². The highest BCUT2D eigenvalue weighted by molar-refractivity contribution is 7.16. The molecule has 0 saturated carbocycles. The van der Waals surface area contributed by atoms with Crippen LogP contribution in [0.15, 0.2) is 11.4 Å². The minimum atomic E-state index is 0.626. The van der Waals surface area contributed by atoms with Gasteiger partial charge in [-0.05, 0) is 44.8 Å². The highest BCUT2D eigenvalue weighted by Gasteiger charge is 2.23. The van der Waals surface area contributed by atoms with Crippen LogP contribution < -0.4 is 10.2 Å². The molecule has 0 amide bonds. The summed E-state index contributed by atoms with van der Waals surface area (Å²) in [6.07, 6.45) is 2.58. The molecule has 1 N–H and O–H groups in total. The lowest BCUT2D eigenvalue weighted by Crippen LogP contribution is -2.37. The van der Waals surface area contributed by atoms with Crippen LogP contribution in [0, 0.1) is 0 Å². The van der Waals surface area contributed by atoms with Gasteiger partial charge in [0.25, 0.3) is 0 Å². The molecular formula is C15H23N5S. The third-order valence-corrected chi connectivity index (χ3v) is 4.96. The summed E-state index contributed by atoms with van der Waals surface area (Å²) >= 11 is 1.67. The Kier molecular flexibility index (Phi) is 4.26. The van der Waals surface area contributed by atoms with Crippen molar-refractivity contribution in [3.8, 4) is 0 Å². The Morgan fingerprint density at radius 1 is 1.48 bits per heavy atom. The van der Waals surface area contributed by atoms with E-state index < -0.39 is 0 Å². The van der Waals surface area contributed by atoms with Crippen molar-refractivity contribution in [1.82, 2.24) is 14.9 Å². The molecule has 1 aliphatic rings. The van der Waals surface area contributed by atoms with Crippen LogP contribution in [0.3, 0.4) is 0 Å². The number of nitrogens with one attached hydrogen (secondary N) is 1. The van der Waals surface area contributed by atoms with Crippen LogP contribution in [0.25, 0.3) is 10.2 Å². The van der Waals surface area contributed by atoms with Gasteiger partial charge in [0.05, 0.1) is 5.39 Å². The van der Waals surface area contributed by atoms with E-state index in [2.05, 4.69) is 52.6 Å². The minimum Gasteiger partial charge on any atom is -0.357 e. The highest BCUT2D eigenvalue weighted by Crippen LogP contribution is 2.29. The molecule has 0 radical (unpaired) electrons. The van der Waals surface area contributed by atoms with Crippen LogP contribution in [0.4, 0.5) is 11.8 Å². The largest absolute Gasteiger partial charge is 0.357 e. The first-order chi connectivity index (χ1) is 10.2. The third kappa shape index (κ3) is 2.96. The first kappa shape index (κ1) is 14.5. The predicted octanol–water partition coefficient (Wildman–Crippen LogP) is 2.65. The second-order valence-electron chi connectivity index (χ2n) is 5.70. The fourth-order valence-corrected chi connectivity index (χ4v) is 3.74. The second kappa shape index (κ2) is 6.15. The summed E-state index contributed by atoms with van der Waals surface area (Å²) in [5.41, 5.74) is 0. The van der Waals surface area contributed by atoms with Gasteiger partial charge in [0.2, 0.25) is 5.95 Å². The molecule has 3 heterocycles. The number of fused-ring (bicyclic) bond motifs is 1. The zero-order valence-corrected chi connectivity index (χ0v) is 13.8. The molecule has 0 spiro atoms. The minimum absolute atomic E-state index is 0.626. The molecule has 0 aliphatic carbocycles. The van der Waals surface area contributed by atoms with Gasteiger partial charge < -0.3 is 15.1 Å². The van der Waals surface area contributed by atoms with Gasteiger partial charge in [-0.15, -0.1) is 11.3 Å². The number of likely N-dealkylation sites (tertiary alicyclic amines) is 1. The molecule has 6 heteroatoms. The summed E-state index contributed by atoms with van der Waals surface area (Å²) in [5.74, 6) is 1.77. The number of rotatable bonds is 5. The molecule has 1 atom stereocenters. The van der Waals surface area contributed by atoms with E-state index in [1.807, 2.05) is 0 Å². The first-order valence-electron chi connectivity index (χ1n) is 7.59. The molecule has 2 aromatic rings. The molecule has 1 aliphatic heterocycles. The molecule has 0 bridgehead atoms. The number of anilines is 2. The van der Waals surface area contributed by atoms with Crippen LogP contribution in [-0.2, 0) is 0 Å². The number of aromatic nitrogens is 2. The fraction of sp³-hybridized carbons (Fsp3) is 0.600. The Morgan fingerprint density at radius 2 is 2.33 bits per heavy atom. The maximum atomic E-state index is 4.72. The maximum absolute atomic E-state index is 4.72. The first-order valence-corrected chi connectivity index (χ1v) is 8.47. The number of nitrogens with zero attached hydrogens (tertiary/aromatic N) is 4. The lowest BCUT2D eigenvalue weighted by atomic mass is 10.2. The van der Waals surface area contributed by atoms with Gasteiger partial charge in [0.15, 0.2) is 0 Å². The van der Waals surface area contributed by atoms with Crippen molar-refractivity contribution in [1.29, 1.82) is 0 Å². The van der Waals surface area contributed by atoms with Crippen molar-refractivity contribution >= 4 is 33.3 Å². The SMILES string of the molecule is CCNc1nc(N(C)CC2CCCN2C)c2ccsc2n1. The van der Waals surface area contributed by atoms with E-state index in [4.69, 9.17) is 4.98 Å². The van der Waals surface area contributed by atoms with E-state index in [-0.39, 0.29) is 0 Å². The smallest absolute Gasteiger partial charge is 0.226 e. The summed E-state index contributed by atoms with van der Waals surface area (Å²) < 4.78 is 0. The number of hydrogen-bond donors (Lipinski definition) is 1. The van der Waals surface area contributed by atoms with E-state index in [0.29, 0.717) is 6.04 Å². The van der Waals surface area contributed by atoms with Crippen molar-refractivity contribution in [2.45, 2.75) is 25.8 Å². The van der Waals surface area contributed by atoms with E-state index >= 15 is 0 Å². The highest BCUT2D eigenvalue weighted by atomic mass is 32.1. The monoisotopic (exact) mass is 305 g/mol. The van der Waals surface area contributed by atoms with Gasteiger partial charge in [-0.3, -0.25) is 0 Å². The molecule has 1 unspecified atom stereocenters. The molecule has 3 rings (SSSR count). The van der Waals surface area contributed by atoms with E-state index in [0.717, 1.165) is 35.1 Å². The quantitative estimate of drug-likeness (QED) is 0.920. The topological polar surface area (TPSA) is 44.3 Å². The average Bonchev–Trinajstić information content (AvgIpc) is 3.08. The fourth-order valence-electron chi connectivity index (χ4n) is 2.98. The lowest BCUT2D eigenvalue weighted by Gasteiger charge is -2.27. The lowest BCUT2D eigenvalue weighted by molar-refractivity contribution is 0.314. The number of thiophene rings is 1. The van der Waals surface area contributed by atoms with Gasteiger partial charge >= 0.3 is 0 Å². The summed E-state index contributed by atoms with van der Waals surface area (Å²) in [4.78, 5) is 15.1. The zero-order chi connectivity index (χ0) is 14.8. The average molecular weight is 305 g/mol. The number of hydrogen-bond acceptors (Lipinski definition) is 6.